The summed E-state index contributed by atoms with van der Waals surface area (Å²) in [6, 6.07) is 11.2. The molecule has 1 heterocycles. The van der Waals surface area contributed by atoms with Crippen LogP contribution in [0.4, 0.5) is 5.69 Å². The van der Waals surface area contributed by atoms with Gasteiger partial charge in [0.25, 0.3) is 11.8 Å². The number of anilines is 1. The number of ketones is 2. The van der Waals surface area contributed by atoms with Gasteiger partial charge >= 0.3 is 0 Å². The number of hydrogen-bond donors (Lipinski definition) is 0. The van der Waals surface area contributed by atoms with Gasteiger partial charge in [-0.3, -0.25) is 19.2 Å². The fraction of sp³-hybridized carbons (Fsp3) is 0.200. The quantitative estimate of drug-likeness (QED) is 0.629. The van der Waals surface area contributed by atoms with Crippen molar-refractivity contribution in [2.24, 2.45) is 0 Å². The van der Waals surface area contributed by atoms with Crippen molar-refractivity contribution in [1.82, 2.24) is 0 Å². The molecule has 1 aliphatic heterocycles. The van der Waals surface area contributed by atoms with Crippen LogP contribution in [0.1, 0.15) is 69.1 Å². The summed E-state index contributed by atoms with van der Waals surface area (Å²) in [5.41, 5.74) is 1.06. The number of rotatable bonds is 3. The van der Waals surface area contributed by atoms with Crippen molar-refractivity contribution in [1.29, 1.82) is 0 Å². The van der Waals surface area contributed by atoms with Gasteiger partial charge in [0.05, 0.1) is 16.8 Å². The Morgan fingerprint density at radius 2 is 1.16 bits per heavy atom. The predicted molar refractivity (Wildman–Crippen MR) is 95.4 cm³/mol. The summed E-state index contributed by atoms with van der Waals surface area (Å²) in [6.07, 6.45) is 0. The highest BCUT2D eigenvalue weighted by Gasteiger charge is 2.38. The number of para-hydroxylation sites is 1. The zero-order valence-corrected chi connectivity index (χ0v) is 14.6. The number of hydrogen-bond acceptors (Lipinski definition) is 4. The monoisotopic (exact) mass is 337 g/mol. The molecule has 0 spiro atoms. The number of benzene rings is 2. The maximum Gasteiger partial charge on any atom is 0.266 e. The van der Waals surface area contributed by atoms with Crippen LogP contribution >= 0.6 is 0 Å². The van der Waals surface area contributed by atoms with Crippen LogP contribution < -0.4 is 4.90 Å². The molecule has 2 aromatic carbocycles. The van der Waals surface area contributed by atoms with Crippen LogP contribution in [0.15, 0.2) is 42.5 Å². The maximum absolute atomic E-state index is 12.6. The molecule has 25 heavy (non-hydrogen) atoms. The lowest BCUT2D eigenvalue weighted by Gasteiger charge is -2.13. The molecule has 0 saturated heterocycles. The van der Waals surface area contributed by atoms with Crippen LogP contribution in [-0.4, -0.2) is 23.4 Å². The van der Waals surface area contributed by atoms with Crippen molar-refractivity contribution >= 4 is 29.1 Å². The average molecular weight is 337 g/mol. The van der Waals surface area contributed by atoms with Crippen molar-refractivity contribution in [2.45, 2.75) is 27.7 Å². The minimum atomic E-state index is -0.492. The molecule has 0 radical (unpaired) electrons. The number of fused-ring (bicyclic) bond motifs is 1. The Labute approximate surface area is 146 Å². The minimum Gasteiger partial charge on any atom is -0.294 e. The molecular weight excluding hydrogens is 318 g/mol. The zero-order valence-electron chi connectivity index (χ0n) is 14.6. The third-order valence-electron chi connectivity index (χ3n) is 3.80. The number of carbonyl (C=O) groups excluding carboxylic acids is 4. The molecule has 128 valence electrons. The van der Waals surface area contributed by atoms with Gasteiger partial charge in [0.1, 0.15) is 0 Å². The van der Waals surface area contributed by atoms with Crippen LogP contribution in [0, 0.1) is 0 Å². The standard InChI is InChI=1S/C18H13NO4.C2H6/c1-10(20)13-8-15-16(9-14(13)11(2)21)18(23)19(17(15)22)12-6-4-3-5-7-12;1-2/h3-9H,1-2H3;1-2H3. The fourth-order valence-corrected chi connectivity index (χ4v) is 2.68. The summed E-state index contributed by atoms with van der Waals surface area (Å²) < 4.78 is 0. The molecule has 2 aromatic rings. The first-order valence-corrected chi connectivity index (χ1v) is 8.05. The van der Waals surface area contributed by atoms with Gasteiger partial charge in [-0.2, -0.15) is 0 Å². The van der Waals surface area contributed by atoms with Gasteiger partial charge in [-0.15, -0.1) is 0 Å². The molecule has 5 nitrogen and oxygen atoms in total. The lowest BCUT2D eigenvalue weighted by molar-refractivity contribution is 0.0925. The van der Waals surface area contributed by atoms with E-state index >= 15 is 0 Å². The normalized spacial score (nSPS) is 12.4. The Hall–Kier alpha value is -3.08. The molecule has 1 aliphatic rings. The van der Waals surface area contributed by atoms with Crippen molar-refractivity contribution in [2.75, 3.05) is 4.90 Å². The first kappa shape index (κ1) is 18.3. The number of nitrogens with zero attached hydrogens (tertiary/aromatic N) is 1. The SMILES string of the molecule is CC.CC(=O)c1cc2c(cc1C(C)=O)C(=O)N(c1ccccc1)C2=O. The Morgan fingerprint density at radius 3 is 1.52 bits per heavy atom. The lowest BCUT2D eigenvalue weighted by Crippen LogP contribution is -2.29. The summed E-state index contributed by atoms with van der Waals surface area (Å²) in [5, 5.41) is 0. The Kier molecular flexibility index (Phi) is 5.27. The van der Waals surface area contributed by atoms with E-state index in [1.807, 2.05) is 13.8 Å². The highest BCUT2D eigenvalue weighted by Crippen LogP contribution is 2.30. The average Bonchev–Trinajstić information content (AvgIpc) is 2.86. The lowest BCUT2D eigenvalue weighted by atomic mass is 9.95. The Bertz CT molecular complexity index is 816. The van der Waals surface area contributed by atoms with E-state index in [1.54, 1.807) is 30.3 Å². The van der Waals surface area contributed by atoms with Gasteiger partial charge in [0.2, 0.25) is 0 Å². The number of Topliss-reactive ketones (excluding diaryl/α,β-unsaturated/α-hetero) is 2. The number of imide groups is 1. The van der Waals surface area contributed by atoms with Gasteiger partial charge < -0.3 is 0 Å². The molecule has 2 amide bonds. The van der Waals surface area contributed by atoms with Gasteiger partial charge in [-0.1, -0.05) is 32.0 Å². The van der Waals surface area contributed by atoms with E-state index in [2.05, 4.69) is 0 Å². The summed E-state index contributed by atoms with van der Waals surface area (Å²) >= 11 is 0. The first-order chi connectivity index (χ1) is 11.9. The molecule has 0 atom stereocenters. The molecule has 0 N–H and O–H groups in total. The molecule has 0 aromatic heterocycles. The highest BCUT2D eigenvalue weighted by atomic mass is 16.2. The second-order valence-corrected chi connectivity index (χ2v) is 5.34. The largest absolute Gasteiger partial charge is 0.294 e. The summed E-state index contributed by atoms with van der Waals surface area (Å²) in [5.74, 6) is -1.63. The van der Waals surface area contributed by atoms with Crippen LogP contribution in [0.5, 0.6) is 0 Å². The maximum atomic E-state index is 12.6. The summed E-state index contributed by atoms with van der Waals surface area (Å²) in [6.45, 7) is 6.65. The molecular formula is C20H19NO4. The van der Waals surface area contributed by atoms with E-state index in [4.69, 9.17) is 0 Å². The predicted octanol–water partition coefficient (Wildman–Crippen LogP) is 3.92. The molecule has 3 rings (SSSR count). The van der Waals surface area contributed by atoms with E-state index in [9.17, 15) is 19.2 Å². The Morgan fingerprint density at radius 1 is 0.760 bits per heavy atom. The smallest absolute Gasteiger partial charge is 0.266 e. The number of amides is 2. The van der Waals surface area contributed by atoms with Gasteiger partial charge in [0, 0.05) is 11.1 Å². The van der Waals surface area contributed by atoms with Crippen molar-refractivity contribution in [3.05, 3.63) is 64.7 Å². The highest BCUT2D eigenvalue weighted by molar-refractivity contribution is 6.35. The molecule has 0 fully saturated rings. The molecule has 0 bridgehead atoms. The van der Waals surface area contributed by atoms with Gasteiger partial charge in [0.15, 0.2) is 11.6 Å². The van der Waals surface area contributed by atoms with Crippen molar-refractivity contribution < 1.29 is 19.2 Å². The van der Waals surface area contributed by atoms with E-state index in [-0.39, 0.29) is 33.8 Å². The topological polar surface area (TPSA) is 71.5 Å². The van der Waals surface area contributed by atoms with E-state index < -0.39 is 11.8 Å². The second kappa shape index (κ2) is 7.21. The molecule has 5 heteroatoms. The van der Waals surface area contributed by atoms with Crippen molar-refractivity contribution in [3.63, 3.8) is 0 Å². The van der Waals surface area contributed by atoms with Crippen LogP contribution in [-0.2, 0) is 0 Å². The molecule has 0 aliphatic carbocycles. The van der Waals surface area contributed by atoms with Crippen LogP contribution in [0.25, 0.3) is 0 Å². The minimum absolute atomic E-state index is 0.147. The summed E-state index contributed by atoms with van der Waals surface area (Å²) in [4.78, 5) is 49.7. The van der Waals surface area contributed by atoms with E-state index in [0.29, 0.717) is 5.69 Å². The first-order valence-electron chi connectivity index (χ1n) is 8.05. The van der Waals surface area contributed by atoms with Crippen LogP contribution in [0.2, 0.25) is 0 Å². The van der Waals surface area contributed by atoms with Crippen LogP contribution in [0.3, 0.4) is 0 Å². The zero-order chi connectivity index (χ0) is 18.7. The summed E-state index contributed by atoms with van der Waals surface area (Å²) in [7, 11) is 0. The Balaban J connectivity index is 0.00000109. The second-order valence-electron chi connectivity index (χ2n) is 5.34. The third-order valence-corrected chi connectivity index (χ3v) is 3.80. The third kappa shape index (κ3) is 3.13. The van der Waals surface area contributed by atoms with E-state index in [0.717, 1.165) is 4.90 Å². The van der Waals surface area contributed by atoms with Gasteiger partial charge in [-0.25, -0.2) is 4.90 Å². The van der Waals surface area contributed by atoms with E-state index in [1.165, 1.54) is 26.0 Å². The molecule has 0 unspecified atom stereocenters. The van der Waals surface area contributed by atoms with Crippen molar-refractivity contribution in [3.8, 4) is 0 Å². The fourth-order valence-electron chi connectivity index (χ4n) is 2.68. The number of carbonyl (C=O) groups is 4. The van der Waals surface area contributed by atoms with Gasteiger partial charge in [-0.05, 0) is 38.1 Å². The molecule has 0 saturated carbocycles.